The van der Waals surface area contributed by atoms with Crippen molar-refractivity contribution in [1.82, 2.24) is 0 Å². The minimum atomic E-state index is -3.72. The zero-order chi connectivity index (χ0) is 20.9. The van der Waals surface area contributed by atoms with Gasteiger partial charge >= 0.3 is 5.97 Å². The molecule has 0 aromatic heterocycles. The zero-order valence-electron chi connectivity index (χ0n) is 15.5. The number of para-hydroxylation sites is 1. The predicted octanol–water partition coefficient (Wildman–Crippen LogP) is 5.01. The number of carbonyl (C=O) groups is 1. The molecule has 0 saturated heterocycles. The lowest BCUT2D eigenvalue weighted by molar-refractivity contribution is 0.0696. The van der Waals surface area contributed by atoms with Gasteiger partial charge in [0.15, 0.2) is 0 Å². The zero-order valence-corrected chi connectivity index (χ0v) is 17.1. The minimum absolute atomic E-state index is 0.141. The van der Waals surface area contributed by atoms with Gasteiger partial charge in [0.2, 0.25) is 0 Å². The van der Waals surface area contributed by atoms with Crippen molar-refractivity contribution in [1.29, 1.82) is 0 Å². The number of rotatable bonds is 8. The maximum atomic E-state index is 12.7. The fourth-order valence-electron chi connectivity index (χ4n) is 3.00. The summed E-state index contributed by atoms with van der Waals surface area (Å²) in [5.74, 6) is -0.950. The Bertz CT molecular complexity index is 1110. The molecule has 0 heterocycles. The number of hydrogen-bond donors (Lipinski definition) is 2. The smallest absolute Gasteiger partial charge is 0.335 e. The Balaban J connectivity index is 1.70. The number of carboxylic acid groups (broad SMARTS) is 1. The third-order valence-electron chi connectivity index (χ3n) is 4.47. The van der Waals surface area contributed by atoms with Gasteiger partial charge in [0.25, 0.3) is 10.0 Å². The first-order valence-electron chi connectivity index (χ1n) is 9.04. The molecular weight excluding hydrogens is 410 g/mol. The molecule has 0 amide bonds. The Morgan fingerprint density at radius 2 is 1.66 bits per heavy atom. The van der Waals surface area contributed by atoms with Crippen LogP contribution in [0.15, 0.2) is 77.7 Å². The highest BCUT2D eigenvalue weighted by atomic mass is 35.5. The third kappa shape index (κ3) is 5.59. The lowest BCUT2D eigenvalue weighted by Gasteiger charge is -2.13. The van der Waals surface area contributed by atoms with Crippen molar-refractivity contribution < 1.29 is 18.3 Å². The first-order chi connectivity index (χ1) is 13.8. The molecule has 0 fully saturated rings. The quantitative estimate of drug-likeness (QED) is 0.527. The van der Waals surface area contributed by atoms with E-state index in [2.05, 4.69) is 4.72 Å². The van der Waals surface area contributed by atoms with Crippen molar-refractivity contribution in [2.75, 3.05) is 4.72 Å². The molecule has 0 saturated carbocycles. The third-order valence-corrected chi connectivity index (χ3v) is 6.10. The molecule has 29 heavy (non-hydrogen) atoms. The van der Waals surface area contributed by atoms with E-state index >= 15 is 0 Å². The van der Waals surface area contributed by atoms with Crippen LogP contribution in [0.4, 0.5) is 5.69 Å². The van der Waals surface area contributed by atoms with Gasteiger partial charge in [-0.2, -0.15) is 0 Å². The van der Waals surface area contributed by atoms with Gasteiger partial charge in [-0.25, -0.2) is 13.2 Å². The van der Waals surface area contributed by atoms with Crippen LogP contribution in [0.5, 0.6) is 0 Å². The molecule has 0 atom stereocenters. The van der Waals surface area contributed by atoms with Crippen molar-refractivity contribution in [3.63, 3.8) is 0 Å². The van der Waals surface area contributed by atoms with Crippen LogP contribution in [0.1, 0.15) is 27.9 Å². The molecule has 0 radical (unpaired) electrons. The van der Waals surface area contributed by atoms with E-state index in [4.69, 9.17) is 16.7 Å². The van der Waals surface area contributed by atoms with Gasteiger partial charge in [0, 0.05) is 5.02 Å². The van der Waals surface area contributed by atoms with Gasteiger partial charge < -0.3 is 5.11 Å². The Labute approximate surface area is 175 Å². The number of anilines is 1. The van der Waals surface area contributed by atoms with Crippen molar-refractivity contribution >= 4 is 33.3 Å². The average Bonchev–Trinajstić information content (AvgIpc) is 2.69. The standard InChI is InChI=1S/C22H20ClNO4S/c23-19-11-13-20(14-12-19)29(27,28)24-21-10-2-1-7-17(21)8-3-5-16-6-4-9-18(15-16)22(25)26/h1-2,4,6-7,9-15,24H,3,5,8H2,(H,25,26). The molecular formula is C22H20ClNO4S. The largest absolute Gasteiger partial charge is 0.478 e. The molecule has 2 N–H and O–H groups in total. The fraction of sp³-hybridized carbons (Fsp3) is 0.136. The number of nitrogens with one attached hydrogen (secondary N) is 1. The summed E-state index contributed by atoms with van der Waals surface area (Å²) < 4.78 is 28.0. The highest BCUT2D eigenvalue weighted by Crippen LogP contribution is 2.23. The van der Waals surface area contributed by atoms with E-state index in [1.807, 2.05) is 18.2 Å². The number of hydrogen-bond acceptors (Lipinski definition) is 3. The van der Waals surface area contributed by atoms with E-state index in [9.17, 15) is 13.2 Å². The van der Waals surface area contributed by atoms with Gasteiger partial charge in [0.1, 0.15) is 0 Å². The number of aromatic carboxylic acids is 1. The summed E-state index contributed by atoms with van der Waals surface area (Å²) >= 11 is 5.83. The van der Waals surface area contributed by atoms with Crippen LogP contribution in [0.25, 0.3) is 0 Å². The second-order valence-electron chi connectivity index (χ2n) is 6.58. The van der Waals surface area contributed by atoms with Crippen molar-refractivity contribution in [2.24, 2.45) is 0 Å². The summed E-state index contributed by atoms with van der Waals surface area (Å²) in [7, 11) is -3.72. The van der Waals surface area contributed by atoms with Crippen molar-refractivity contribution in [3.05, 3.63) is 94.5 Å². The Hall–Kier alpha value is -2.83. The Morgan fingerprint density at radius 3 is 2.38 bits per heavy atom. The number of sulfonamides is 1. The maximum Gasteiger partial charge on any atom is 0.335 e. The summed E-state index contributed by atoms with van der Waals surface area (Å²) in [5, 5.41) is 9.56. The van der Waals surface area contributed by atoms with Crippen LogP contribution in [-0.2, 0) is 22.9 Å². The lowest BCUT2D eigenvalue weighted by atomic mass is 10.0. The summed E-state index contributed by atoms with van der Waals surface area (Å²) in [6.07, 6.45) is 2.10. The molecule has 7 heteroatoms. The van der Waals surface area contributed by atoms with E-state index in [-0.39, 0.29) is 10.5 Å². The molecule has 3 rings (SSSR count). The molecule has 0 aliphatic heterocycles. The minimum Gasteiger partial charge on any atom is -0.478 e. The van der Waals surface area contributed by atoms with Crippen LogP contribution >= 0.6 is 11.6 Å². The number of benzene rings is 3. The monoisotopic (exact) mass is 429 g/mol. The molecule has 0 bridgehead atoms. The van der Waals surface area contributed by atoms with Crippen LogP contribution in [0.2, 0.25) is 5.02 Å². The predicted molar refractivity (Wildman–Crippen MR) is 114 cm³/mol. The molecule has 150 valence electrons. The van der Waals surface area contributed by atoms with Crippen LogP contribution in [0, 0.1) is 0 Å². The molecule has 3 aromatic rings. The first-order valence-corrected chi connectivity index (χ1v) is 10.9. The molecule has 3 aromatic carbocycles. The van der Waals surface area contributed by atoms with Crippen LogP contribution < -0.4 is 4.72 Å². The van der Waals surface area contributed by atoms with Gasteiger partial charge in [0.05, 0.1) is 16.1 Å². The normalized spacial score (nSPS) is 11.2. The highest BCUT2D eigenvalue weighted by Gasteiger charge is 2.15. The van der Waals surface area contributed by atoms with E-state index in [0.29, 0.717) is 23.6 Å². The number of aryl methyl sites for hydroxylation is 2. The molecule has 0 spiro atoms. The number of carboxylic acids is 1. The van der Waals surface area contributed by atoms with Crippen LogP contribution in [0.3, 0.4) is 0 Å². The summed E-state index contributed by atoms with van der Waals surface area (Å²) in [6, 6.07) is 20.1. The second kappa shape index (κ2) is 9.11. The van der Waals surface area contributed by atoms with Crippen molar-refractivity contribution in [2.45, 2.75) is 24.2 Å². The van der Waals surface area contributed by atoms with Gasteiger partial charge in [-0.05, 0) is 72.9 Å². The summed E-state index contributed by atoms with van der Waals surface area (Å²) in [5.41, 5.74) is 2.60. The van der Waals surface area contributed by atoms with E-state index in [1.54, 1.807) is 30.3 Å². The average molecular weight is 430 g/mol. The fourth-order valence-corrected chi connectivity index (χ4v) is 4.23. The SMILES string of the molecule is O=C(O)c1cccc(CCCc2ccccc2NS(=O)(=O)c2ccc(Cl)cc2)c1. The molecule has 5 nitrogen and oxygen atoms in total. The lowest BCUT2D eigenvalue weighted by Crippen LogP contribution is -2.14. The van der Waals surface area contributed by atoms with Gasteiger partial charge in [-0.1, -0.05) is 41.9 Å². The summed E-state index contributed by atoms with van der Waals surface area (Å²) in [6.45, 7) is 0. The van der Waals surface area contributed by atoms with E-state index < -0.39 is 16.0 Å². The molecule has 0 aliphatic carbocycles. The molecule has 0 aliphatic rings. The van der Waals surface area contributed by atoms with Crippen LogP contribution in [-0.4, -0.2) is 19.5 Å². The van der Waals surface area contributed by atoms with Gasteiger partial charge in [-0.15, -0.1) is 0 Å². The van der Waals surface area contributed by atoms with E-state index in [1.165, 1.54) is 24.3 Å². The van der Waals surface area contributed by atoms with Gasteiger partial charge in [-0.3, -0.25) is 4.72 Å². The maximum absolute atomic E-state index is 12.7. The van der Waals surface area contributed by atoms with E-state index in [0.717, 1.165) is 17.5 Å². The number of halogens is 1. The topological polar surface area (TPSA) is 83.5 Å². The Morgan fingerprint density at radius 1 is 0.931 bits per heavy atom. The molecule has 0 unspecified atom stereocenters. The second-order valence-corrected chi connectivity index (χ2v) is 8.69. The van der Waals surface area contributed by atoms with Crippen molar-refractivity contribution in [3.8, 4) is 0 Å². The Kier molecular flexibility index (Phi) is 6.56. The first kappa shape index (κ1) is 20.9. The highest BCUT2D eigenvalue weighted by molar-refractivity contribution is 7.92. The summed E-state index contributed by atoms with van der Waals surface area (Å²) in [4.78, 5) is 11.2.